The first-order chi connectivity index (χ1) is 8.84. The van der Waals surface area contributed by atoms with Gasteiger partial charge in [0.15, 0.2) is 5.65 Å². The molecule has 18 heavy (non-hydrogen) atoms. The third-order valence-corrected chi connectivity index (χ3v) is 2.57. The lowest BCUT2D eigenvalue weighted by Crippen LogP contribution is -2.13. The Morgan fingerprint density at radius 3 is 2.78 bits per heavy atom. The van der Waals surface area contributed by atoms with Crippen LogP contribution in [0.5, 0.6) is 0 Å². The number of carbonyl (C=O) groups excluding carboxylic acids is 1. The summed E-state index contributed by atoms with van der Waals surface area (Å²) in [6.07, 6.45) is 4.89. The summed E-state index contributed by atoms with van der Waals surface area (Å²) in [5.74, 6) is -0.195. The monoisotopic (exact) mass is 238 g/mol. The van der Waals surface area contributed by atoms with Crippen LogP contribution in [-0.4, -0.2) is 20.5 Å². The SMILES string of the molecule is O=C(Nc1ccccc1)c1ccnn2ccnc12. The molecule has 1 N–H and O–H groups in total. The molecule has 0 radical (unpaired) electrons. The van der Waals surface area contributed by atoms with Crippen molar-refractivity contribution in [2.75, 3.05) is 5.32 Å². The first-order valence-corrected chi connectivity index (χ1v) is 5.49. The van der Waals surface area contributed by atoms with E-state index in [2.05, 4.69) is 15.4 Å². The lowest BCUT2D eigenvalue weighted by atomic mass is 10.2. The highest BCUT2D eigenvalue weighted by Crippen LogP contribution is 2.11. The largest absolute Gasteiger partial charge is 0.322 e. The van der Waals surface area contributed by atoms with E-state index >= 15 is 0 Å². The fourth-order valence-electron chi connectivity index (χ4n) is 1.73. The van der Waals surface area contributed by atoms with Crippen LogP contribution >= 0.6 is 0 Å². The third-order valence-electron chi connectivity index (χ3n) is 2.57. The summed E-state index contributed by atoms with van der Waals surface area (Å²) in [4.78, 5) is 16.3. The number of hydrogen-bond donors (Lipinski definition) is 1. The quantitative estimate of drug-likeness (QED) is 0.742. The number of nitrogens with zero attached hydrogens (tertiary/aromatic N) is 3. The lowest BCUT2D eigenvalue weighted by Gasteiger charge is -2.05. The highest BCUT2D eigenvalue weighted by molar-refractivity contribution is 6.08. The van der Waals surface area contributed by atoms with E-state index < -0.39 is 0 Å². The molecule has 3 rings (SSSR count). The minimum Gasteiger partial charge on any atom is -0.322 e. The second kappa shape index (κ2) is 4.29. The van der Waals surface area contributed by atoms with Gasteiger partial charge in [-0.05, 0) is 18.2 Å². The predicted molar refractivity (Wildman–Crippen MR) is 67.4 cm³/mol. The molecule has 3 aromatic rings. The predicted octanol–water partition coefficient (Wildman–Crippen LogP) is 1.98. The highest BCUT2D eigenvalue weighted by atomic mass is 16.1. The maximum absolute atomic E-state index is 12.1. The third kappa shape index (κ3) is 1.82. The van der Waals surface area contributed by atoms with Gasteiger partial charge in [-0.2, -0.15) is 5.10 Å². The molecule has 0 unspecified atom stereocenters. The minimum atomic E-state index is -0.195. The van der Waals surface area contributed by atoms with E-state index in [9.17, 15) is 4.79 Å². The average molecular weight is 238 g/mol. The molecule has 1 amide bonds. The molecule has 0 aliphatic rings. The number of aromatic nitrogens is 3. The first kappa shape index (κ1) is 10.5. The molecule has 0 spiro atoms. The van der Waals surface area contributed by atoms with E-state index in [1.165, 1.54) is 0 Å². The van der Waals surface area contributed by atoms with Gasteiger partial charge in [0.2, 0.25) is 0 Å². The number of carbonyl (C=O) groups is 1. The van der Waals surface area contributed by atoms with Crippen molar-refractivity contribution in [2.24, 2.45) is 0 Å². The molecule has 0 bridgehead atoms. The molecule has 2 aromatic heterocycles. The Bertz CT molecular complexity index is 690. The van der Waals surface area contributed by atoms with Crippen LogP contribution in [0.15, 0.2) is 55.0 Å². The van der Waals surface area contributed by atoms with Crippen molar-refractivity contribution in [3.8, 4) is 0 Å². The van der Waals surface area contributed by atoms with E-state index in [1.807, 2.05) is 30.3 Å². The van der Waals surface area contributed by atoms with Crippen LogP contribution in [0.1, 0.15) is 10.4 Å². The zero-order valence-electron chi connectivity index (χ0n) is 9.45. The Morgan fingerprint density at radius 1 is 1.11 bits per heavy atom. The van der Waals surface area contributed by atoms with Gasteiger partial charge < -0.3 is 5.32 Å². The smallest absolute Gasteiger partial charge is 0.259 e. The minimum absolute atomic E-state index is 0.195. The fourth-order valence-corrected chi connectivity index (χ4v) is 1.73. The van der Waals surface area contributed by atoms with Gasteiger partial charge in [0.1, 0.15) is 0 Å². The van der Waals surface area contributed by atoms with Crippen molar-refractivity contribution in [2.45, 2.75) is 0 Å². The number of hydrogen-bond acceptors (Lipinski definition) is 3. The summed E-state index contributed by atoms with van der Waals surface area (Å²) >= 11 is 0. The first-order valence-electron chi connectivity index (χ1n) is 5.49. The van der Waals surface area contributed by atoms with Crippen molar-refractivity contribution in [3.05, 3.63) is 60.6 Å². The second-order valence-electron chi connectivity index (χ2n) is 3.76. The molecular weight excluding hydrogens is 228 g/mol. The summed E-state index contributed by atoms with van der Waals surface area (Å²) in [5.41, 5.74) is 1.80. The number of nitrogens with one attached hydrogen (secondary N) is 1. The molecule has 5 nitrogen and oxygen atoms in total. The number of imidazole rings is 1. The van der Waals surface area contributed by atoms with E-state index in [4.69, 9.17) is 0 Å². The zero-order valence-corrected chi connectivity index (χ0v) is 9.45. The second-order valence-corrected chi connectivity index (χ2v) is 3.76. The standard InChI is InChI=1S/C13H10N4O/c18-13(16-10-4-2-1-3-5-10)11-6-7-15-17-9-8-14-12(11)17/h1-9H,(H,16,18). The van der Waals surface area contributed by atoms with Gasteiger partial charge in [-0.25, -0.2) is 9.50 Å². The summed E-state index contributed by atoms with van der Waals surface area (Å²) in [7, 11) is 0. The number of fused-ring (bicyclic) bond motifs is 1. The summed E-state index contributed by atoms with van der Waals surface area (Å²) < 4.78 is 1.57. The van der Waals surface area contributed by atoms with Crippen molar-refractivity contribution < 1.29 is 4.79 Å². The number of anilines is 1. The average Bonchev–Trinajstić information content (AvgIpc) is 2.87. The van der Waals surface area contributed by atoms with Crippen molar-refractivity contribution in [1.82, 2.24) is 14.6 Å². The van der Waals surface area contributed by atoms with Crippen LogP contribution in [0.3, 0.4) is 0 Å². The maximum atomic E-state index is 12.1. The number of para-hydroxylation sites is 1. The van der Waals surface area contributed by atoms with Gasteiger partial charge in [-0.1, -0.05) is 18.2 Å². The Labute approximate surface area is 103 Å². The normalized spacial score (nSPS) is 10.4. The molecule has 0 saturated heterocycles. The van der Waals surface area contributed by atoms with Crippen molar-refractivity contribution >= 4 is 17.2 Å². The molecule has 0 aliphatic carbocycles. The Hall–Kier alpha value is -2.69. The van der Waals surface area contributed by atoms with Gasteiger partial charge in [0.05, 0.1) is 5.56 Å². The van der Waals surface area contributed by atoms with Crippen LogP contribution < -0.4 is 5.32 Å². The maximum Gasteiger partial charge on any atom is 0.259 e. The number of amides is 1. The molecule has 1 aromatic carbocycles. The van der Waals surface area contributed by atoms with Crippen LogP contribution in [0, 0.1) is 0 Å². The molecular formula is C13H10N4O. The fraction of sp³-hybridized carbons (Fsp3) is 0. The van der Waals surface area contributed by atoms with Crippen LogP contribution in [0.2, 0.25) is 0 Å². The topological polar surface area (TPSA) is 59.3 Å². The summed E-state index contributed by atoms with van der Waals surface area (Å²) in [5, 5.41) is 6.89. The van der Waals surface area contributed by atoms with Gasteiger partial charge in [-0.3, -0.25) is 4.79 Å². The van der Waals surface area contributed by atoms with Gasteiger partial charge >= 0.3 is 0 Å². The molecule has 5 heteroatoms. The number of rotatable bonds is 2. The number of benzene rings is 1. The van der Waals surface area contributed by atoms with Gasteiger partial charge in [-0.15, -0.1) is 0 Å². The molecule has 0 saturated carbocycles. The van der Waals surface area contributed by atoms with Crippen LogP contribution in [-0.2, 0) is 0 Å². The molecule has 0 fully saturated rings. The van der Waals surface area contributed by atoms with Gasteiger partial charge in [0, 0.05) is 24.3 Å². The van der Waals surface area contributed by atoms with Crippen molar-refractivity contribution in [1.29, 1.82) is 0 Å². The van der Waals surface area contributed by atoms with Gasteiger partial charge in [0.25, 0.3) is 5.91 Å². The summed E-state index contributed by atoms with van der Waals surface area (Å²) in [6, 6.07) is 11.0. The molecule has 88 valence electrons. The van der Waals surface area contributed by atoms with E-state index in [0.29, 0.717) is 11.2 Å². The van der Waals surface area contributed by atoms with Crippen molar-refractivity contribution in [3.63, 3.8) is 0 Å². The zero-order chi connectivity index (χ0) is 12.4. The Kier molecular flexibility index (Phi) is 2.49. The molecule has 0 aliphatic heterocycles. The highest BCUT2D eigenvalue weighted by Gasteiger charge is 2.11. The Balaban J connectivity index is 1.95. The van der Waals surface area contributed by atoms with Crippen LogP contribution in [0.4, 0.5) is 5.69 Å². The van der Waals surface area contributed by atoms with E-state index in [0.717, 1.165) is 5.69 Å². The Morgan fingerprint density at radius 2 is 1.94 bits per heavy atom. The molecule has 2 heterocycles. The molecule has 0 atom stereocenters. The van der Waals surface area contributed by atoms with E-state index in [1.54, 1.807) is 29.2 Å². The van der Waals surface area contributed by atoms with Crippen LogP contribution in [0.25, 0.3) is 5.65 Å². The lowest BCUT2D eigenvalue weighted by molar-refractivity contribution is 0.102. The summed E-state index contributed by atoms with van der Waals surface area (Å²) in [6.45, 7) is 0. The van der Waals surface area contributed by atoms with E-state index in [-0.39, 0.29) is 5.91 Å².